The predicted molar refractivity (Wildman–Crippen MR) is 88.6 cm³/mol. The number of rotatable bonds is 5. The summed E-state index contributed by atoms with van der Waals surface area (Å²) < 4.78 is 12.8. The second-order valence-electron chi connectivity index (χ2n) is 5.64. The molecule has 116 valence electrons. The van der Waals surface area contributed by atoms with Gasteiger partial charge in [0.05, 0.1) is 0 Å². The van der Waals surface area contributed by atoms with Gasteiger partial charge in [-0.2, -0.15) is 0 Å². The molecule has 22 heavy (non-hydrogen) atoms. The Kier molecular flexibility index (Phi) is 5.15. The van der Waals surface area contributed by atoms with Gasteiger partial charge in [-0.25, -0.2) is 4.39 Å². The molecule has 4 heteroatoms. The van der Waals surface area contributed by atoms with E-state index in [-0.39, 0.29) is 11.7 Å². The number of halogens is 1. The summed E-state index contributed by atoms with van der Waals surface area (Å²) in [5.41, 5.74) is 2.71. The van der Waals surface area contributed by atoms with Crippen molar-refractivity contribution < 1.29 is 9.18 Å². The van der Waals surface area contributed by atoms with Gasteiger partial charge < -0.3 is 10.6 Å². The van der Waals surface area contributed by atoms with Gasteiger partial charge in [-0.1, -0.05) is 26.0 Å². The summed E-state index contributed by atoms with van der Waals surface area (Å²) in [4.78, 5) is 12.2. The molecule has 0 radical (unpaired) electrons. The highest BCUT2D eigenvalue weighted by atomic mass is 19.1. The monoisotopic (exact) mass is 300 g/mol. The van der Waals surface area contributed by atoms with Crippen molar-refractivity contribution in [2.24, 2.45) is 0 Å². The number of nitrogens with one attached hydrogen (secondary N) is 2. The number of carbonyl (C=O) groups excluding carboxylic acids is 1. The summed E-state index contributed by atoms with van der Waals surface area (Å²) in [5.74, 6) is -0.0543. The molecule has 0 aliphatic carbocycles. The Morgan fingerprint density at radius 2 is 1.68 bits per heavy atom. The molecule has 0 aliphatic heterocycles. The van der Waals surface area contributed by atoms with Gasteiger partial charge in [0.15, 0.2) is 0 Å². The summed E-state index contributed by atoms with van der Waals surface area (Å²) in [6.07, 6.45) is 0. The molecule has 2 aromatic rings. The molecular weight excluding hydrogens is 279 g/mol. The average molecular weight is 300 g/mol. The fourth-order valence-corrected chi connectivity index (χ4v) is 2.09. The quantitative estimate of drug-likeness (QED) is 0.860. The van der Waals surface area contributed by atoms with Crippen LogP contribution in [0.25, 0.3) is 0 Å². The Hall–Kier alpha value is -2.36. The van der Waals surface area contributed by atoms with Crippen molar-refractivity contribution in [3.05, 3.63) is 59.9 Å². The van der Waals surface area contributed by atoms with Crippen LogP contribution in [0.2, 0.25) is 0 Å². The van der Waals surface area contributed by atoms with Crippen molar-refractivity contribution >= 4 is 17.3 Å². The summed E-state index contributed by atoms with van der Waals surface area (Å²) in [5, 5.41) is 5.94. The van der Waals surface area contributed by atoms with Gasteiger partial charge in [0.25, 0.3) is 0 Å². The van der Waals surface area contributed by atoms with Gasteiger partial charge >= 0.3 is 0 Å². The first-order valence-corrected chi connectivity index (χ1v) is 7.38. The lowest BCUT2D eigenvalue weighted by Crippen LogP contribution is -2.31. The number of carbonyl (C=O) groups is 1. The SMILES string of the molecule is CC(C)c1cccc(N[C@@H](C)C(=O)Nc2ccc(F)cc2)c1. The van der Waals surface area contributed by atoms with E-state index >= 15 is 0 Å². The van der Waals surface area contributed by atoms with E-state index in [1.165, 1.54) is 17.7 Å². The second kappa shape index (κ2) is 7.07. The van der Waals surface area contributed by atoms with E-state index in [0.29, 0.717) is 11.6 Å². The minimum Gasteiger partial charge on any atom is -0.374 e. The van der Waals surface area contributed by atoms with Gasteiger partial charge in [0.1, 0.15) is 11.9 Å². The second-order valence-corrected chi connectivity index (χ2v) is 5.64. The molecule has 3 nitrogen and oxygen atoms in total. The number of hydrogen-bond acceptors (Lipinski definition) is 2. The molecule has 0 saturated carbocycles. The maximum atomic E-state index is 12.8. The van der Waals surface area contributed by atoms with Crippen molar-refractivity contribution in [1.82, 2.24) is 0 Å². The third kappa shape index (κ3) is 4.32. The Labute approximate surface area is 130 Å². The van der Waals surface area contributed by atoms with Gasteiger partial charge in [0.2, 0.25) is 5.91 Å². The van der Waals surface area contributed by atoms with Crippen LogP contribution in [-0.2, 0) is 4.79 Å². The largest absolute Gasteiger partial charge is 0.374 e. The lowest BCUT2D eigenvalue weighted by molar-refractivity contribution is -0.116. The van der Waals surface area contributed by atoms with Crippen LogP contribution in [0.1, 0.15) is 32.3 Å². The third-order valence-corrected chi connectivity index (χ3v) is 3.44. The summed E-state index contributed by atoms with van der Waals surface area (Å²) in [6.45, 7) is 6.05. The third-order valence-electron chi connectivity index (χ3n) is 3.44. The molecule has 0 aromatic heterocycles. The normalized spacial score (nSPS) is 12.0. The van der Waals surface area contributed by atoms with Crippen molar-refractivity contribution in [1.29, 1.82) is 0 Å². The van der Waals surface area contributed by atoms with Crippen LogP contribution >= 0.6 is 0 Å². The van der Waals surface area contributed by atoms with E-state index in [1.807, 2.05) is 18.2 Å². The first kappa shape index (κ1) is 16.0. The van der Waals surface area contributed by atoms with Crippen molar-refractivity contribution in [3.8, 4) is 0 Å². The zero-order valence-corrected chi connectivity index (χ0v) is 13.1. The van der Waals surface area contributed by atoms with E-state index in [4.69, 9.17) is 0 Å². The highest BCUT2D eigenvalue weighted by Crippen LogP contribution is 2.19. The lowest BCUT2D eigenvalue weighted by atomic mass is 10.0. The fourth-order valence-electron chi connectivity index (χ4n) is 2.09. The van der Waals surface area contributed by atoms with Crippen LogP contribution in [0.15, 0.2) is 48.5 Å². The molecule has 0 aliphatic rings. The summed E-state index contributed by atoms with van der Waals surface area (Å²) in [6, 6.07) is 13.4. The first-order valence-electron chi connectivity index (χ1n) is 7.38. The molecule has 1 atom stereocenters. The highest BCUT2D eigenvalue weighted by Gasteiger charge is 2.13. The summed E-state index contributed by atoms with van der Waals surface area (Å²) >= 11 is 0. The molecule has 2 N–H and O–H groups in total. The Bertz CT molecular complexity index is 638. The first-order chi connectivity index (χ1) is 10.5. The number of benzene rings is 2. The molecular formula is C18H21FN2O. The van der Waals surface area contributed by atoms with Crippen LogP contribution in [0.4, 0.5) is 15.8 Å². The highest BCUT2D eigenvalue weighted by molar-refractivity contribution is 5.96. The predicted octanol–water partition coefficient (Wildman–Crippen LogP) is 4.39. The Balaban J connectivity index is 1.99. The number of hydrogen-bond donors (Lipinski definition) is 2. The van der Waals surface area contributed by atoms with E-state index in [9.17, 15) is 9.18 Å². The number of anilines is 2. The van der Waals surface area contributed by atoms with Crippen LogP contribution in [0, 0.1) is 5.82 Å². The Morgan fingerprint density at radius 3 is 2.32 bits per heavy atom. The average Bonchev–Trinajstić information content (AvgIpc) is 2.49. The van der Waals surface area contributed by atoms with Crippen LogP contribution in [0.3, 0.4) is 0 Å². The van der Waals surface area contributed by atoms with Gasteiger partial charge in [-0.05, 0) is 54.8 Å². The molecule has 0 bridgehead atoms. The van der Waals surface area contributed by atoms with Crippen LogP contribution in [-0.4, -0.2) is 11.9 Å². The van der Waals surface area contributed by atoms with Crippen molar-refractivity contribution in [3.63, 3.8) is 0 Å². The summed E-state index contributed by atoms with van der Waals surface area (Å²) in [7, 11) is 0. The molecule has 0 heterocycles. The topological polar surface area (TPSA) is 41.1 Å². The standard InChI is InChI=1S/C18H21FN2O/c1-12(2)14-5-4-6-17(11-14)20-13(3)18(22)21-16-9-7-15(19)8-10-16/h4-13,20H,1-3H3,(H,21,22)/t13-/m0/s1. The Morgan fingerprint density at radius 1 is 1.00 bits per heavy atom. The van der Waals surface area contributed by atoms with Crippen LogP contribution in [0.5, 0.6) is 0 Å². The molecule has 0 saturated heterocycles. The van der Waals surface area contributed by atoms with Gasteiger partial charge in [0, 0.05) is 11.4 Å². The van der Waals surface area contributed by atoms with Crippen molar-refractivity contribution in [2.45, 2.75) is 32.7 Å². The lowest BCUT2D eigenvalue weighted by Gasteiger charge is -2.16. The zero-order valence-electron chi connectivity index (χ0n) is 13.1. The molecule has 0 fully saturated rings. The smallest absolute Gasteiger partial charge is 0.246 e. The molecule has 0 spiro atoms. The van der Waals surface area contributed by atoms with Gasteiger partial charge in [-0.3, -0.25) is 4.79 Å². The zero-order chi connectivity index (χ0) is 16.1. The molecule has 2 aromatic carbocycles. The maximum absolute atomic E-state index is 12.8. The van der Waals surface area contributed by atoms with E-state index in [2.05, 4.69) is 30.5 Å². The number of amides is 1. The molecule has 0 unspecified atom stereocenters. The van der Waals surface area contributed by atoms with Crippen molar-refractivity contribution in [2.75, 3.05) is 10.6 Å². The van der Waals surface area contributed by atoms with Gasteiger partial charge in [-0.15, -0.1) is 0 Å². The molecule has 1 amide bonds. The maximum Gasteiger partial charge on any atom is 0.246 e. The minimum atomic E-state index is -0.396. The van der Waals surface area contributed by atoms with E-state index in [1.54, 1.807) is 19.1 Å². The fraction of sp³-hybridized carbons (Fsp3) is 0.278. The van der Waals surface area contributed by atoms with Crippen LogP contribution < -0.4 is 10.6 Å². The molecule has 2 rings (SSSR count). The minimum absolute atomic E-state index is 0.165. The van der Waals surface area contributed by atoms with E-state index < -0.39 is 6.04 Å². The van der Waals surface area contributed by atoms with E-state index in [0.717, 1.165) is 5.69 Å².